The summed E-state index contributed by atoms with van der Waals surface area (Å²) in [5, 5.41) is 0. The first-order valence-electron chi connectivity index (χ1n) is 2.60. The van der Waals surface area contributed by atoms with E-state index in [0.29, 0.717) is 4.90 Å². The Morgan fingerprint density at radius 2 is 1.60 bits per heavy atom. The van der Waals surface area contributed by atoms with Crippen molar-refractivity contribution in [3.63, 3.8) is 0 Å². The first-order chi connectivity index (χ1) is 4.70. The molecule has 0 fully saturated rings. The Morgan fingerprint density at radius 1 is 1.10 bits per heavy atom. The minimum Gasteiger partial charge on any atom is -0.227 e. The lowest BCUT2D eigenvalue weighted by atomic mass is 10.4. The van der Waals surface area contributed by atoms with Crippen LogP contribution in [0, 0.1) is 0 Å². The molecule has 0 saturated heterocycles. The Kier molecular flexibility index (Phi) is 2.45. The highest BCUT2D eigenvalue weighted by molar-refractivity contribution is 9.10. The van der Waals surface area contributed by atoms with Crippen LogP contribution in [-0.4, -0.2) is 8.42 Å². The van der Waals surface area contributed by atoms with Crippen molar-refractivity contribution in [1.29, 1.82) is 0 Å². The van der Waals surface area contributed by atoms with Gasteiger partial charge in [-0.3, -0.25) is 0 Å². The summed E-state index contributed by atoms with van der Waals surface area (Å²) < 4.78 is 21.6. The third kappa shape index (κ3) is 1.82. The third-order valence-corrected chi connectivity index (χ3v) is 2.29. The Labute approximate surface area is 69.0 Å². The van der Waals surface area contributed by atoms with E-state index in [1.54, 1.807) is 24.3 Å². The fraction of sp³-hybridized carbons (Fsp3) is 0. The maximum atomic E-state index is 10.3. The molecule has 0 heterocycles. The smallest absolute Gasteiger partial charge is 0.168 e. The zero-order chi connectivity index (χ0) is 7.56. The Balaban J connectivity index is 3.12. The molecular weight excluding hydrogens is 216 g/mol. The van der Waals surface area contributed by atoms with Crippen molar-refractivity contribution in [3.8, 4) is 0 Å². The van der Waals surface area contributed by atoms with Gasteiger partial charge in [0.2, 0.25) is 0 Å². The fourth-order valence-electron chi connectivity index (χ4n) is 0.563. The molecule has 0 bridgehead atoms. The lowest BCUT2D eigenvalue weighted by Crippen LogP contribution is -1.77. The molecule has 0 atom stereocenters. The van der Waals surface area contributed by atoms with E-state index >= 15 is 0 Å². The van der Waals surface area contributed by atoms with Gasteiger partial charge in [0.1, 0.15) is 0 Å². The van der Waals surface area contributed by atoms with Crippen LogP contribution in [-0.2, 0) is 10.7 Å². The van der Waals surface area contributed by atoms with Gasteiger partial charge in [0.25, 0.3) is 0 Å². The monoisotopic (exact) mass is 220 g/mol. The first-order valence-corrected chi connectivity index (χ1v) is 4.57. The molecule has 0 aliphatic rings. The van der Waals surface area contributed by atoms with Crippen LogP contribution in [0.3, 0.4) is 0 Å². The van der Waals surface area contributed by atoms with Gasteiger partial charge in [0.15, 0.2) is 10.7 Å². The zero-order valence-electron chi connectivity index (χ0n) is 4.95. The van der Waals surface area contributed by atoms with E-state index in [-0.39, 0.29) is 0 Å². The van der Waals surface area contributed by atoms with E-state index in [0.717, 1.165) is 4.47 Å². The van der Waals surface area contributed by atoms with Crippen LogP contribution < -0.4 is 0 Å². The predicted octanol–water partition coefficient (Wildman–Crippen LogP) is 1.42. The van der Waals surface area contributed by atoms with E-state index in [9.17, 15) is 8.42 Å². The number of benzene rings is 1. The van der Waals surface area contributed by atoms with Crippen molar-refractivity contribution in [3.05, 3.63) is 28.7 Å². The molecule has 0 radical (unpaired) electrons. The highest BCUT2D eigenvalue weighted by Crippen LogP contribution is 2.10. The fourth-order valence-corrected chi connectivity index (χ4v) is 1.22. The molecule has 10 heavy (non-hydrogen) atoms. The highest BCUT2D eigenvalue weighted by Gasteiger charge is 1.91. The maximum absolute atomic E-state index is 10.3. The van der Waals surface area contributed by atoms with Crippen LogP contribution in [0.1, 0.15) is 0 Å². The molecule has 0 unspecified atom stereocenters. The van der Waals surface area contributed by atoms with Crippen LogP contribution in [0.5, 0.6) is 0 Å². The van der Waals surface area contributed by atoms with Gasteiger partial charge < -0.3 is 0 Å². The van der Waals surface area contributed by atoms with Crippen molar-refractivity contribution >= 4 is 26.6 Å². The maximum Gasteiger partial charge on any atom is 0.168 e. The molecule has 0 N–H and O–H groups in total. The van der Waals surface area contributed by atoms with E-state index < -0.39 is 10.7 Å². The molecule has 0 aliphatic carbocycles. The van der Waals surface area contributed by atoms with Gasteiger partial charge in [-0.2, -0.15) is 0 Å². The predicted molar refractivity (Wildman–Crippen MR) is 42.7 cm³/mol. The normalized spacial score (nSPS) is 10.2. The summed E-state index contributed by atoms with van der Waals surface area (Å²) in [6.07, 6.45) is 0. The largest absolute Gasteiger partial charge is 0.227 e. The molecule has 0 aliphatic heterocycles. The summed E-state index contributed by atoms with van der Waals surface area (Å²) in [6, 6.07) is 6.49. The summed E-state index contributed by atoms with van der Waals surface area (Å²) >= 11 is 3.20. The first kappa shape index (κ1) is 7.75. The number of thiol groups is 1. The Morgan fingerprint density at radius 3 is 2.00 bits per heavy atom. The second-order valence-electron chi connectivity index (χ2n) is 1.73. The van der Waals surface area contributed by atoms with E-state index in [4.69, 9.17) is 0 Å². The quantitative estimate of drug-likeness (QED) is 0.727. The third-order valence-electron chi connectivity index (χ3n) is 1.04. The van der Waals surface area contributed by atoms with Gasteiger partial charge in [-0.1, -0.05) is 15.9 Å². The average molecular weight is 221 g/mol. The summed E-state index contributed by atoms with van der Waals surface area (Å²) in [5.74, 6) is 0. The lowest BCUT2D eigenvalue weighted by Gasteiger charge is -1.88. The van der Waals surface area contributed by atoms with Crippen molar-refractivity contribution in [2.75, 3.05) is 0 Å². The molecule has 1 aromatic carbocycles. The second kappa shape index (κ2) is 3.16. The van der Waals surface area contributed by atoms with E-state index in [1.807, 2.05) is 0 Å². The second-order valence-corrected chi connectivity index (χ2v) is 3.68. The summed E-state index contributed by atoms with van der Waals surface area (Å²) in [5.41, 5.74) is 0. The summed E-state index contributed by atoms with van der Waals surface area (Å²) in [4.78, 5) is 0.346. The molecule has 2 nitrogen and oxygen atoms in total. The zero-order valence-corrected chi connectivity index (χ0v) is 7.43. The molecule has 1 rings (SSSR count). The number of hydrogen-bond donors (Lipinski definition) is 1. The van der Waals surface area contributed by atoms with Gasteiger partial charge in [0.05, 0.1) is 4.90 Å². The topological polar surface area (TPSA) is 34.1 Å². The molecule has 0 spiro atoms. The van der Waals surface area contributed by atoms with Crippen molar-refractivity contribution in [1.82, 2.24) is 0 Å². The van der Waals surface area contributed by atoms with Crippen molar-refractivity contribution in [2.24, 2.45) is 0 Å². The van der Waals surface area contributed by atoms with Gasteiger partial charge in [-0.25, -0.2) is 8.42 Å². The number of halogens is 1. The van der Waals surface area contributed by atoms with Crippen LogP contribution in [0.2, 0.25) is 0 Å². The average Bonchev–Trinajstić information content (AvgIpc) is 1.88. The lowest BCUT2D eigenvalue weighted by molar-refractivity contribution is 0.614. The number of hydrogen-bond acceptors (Lipinski definition) is 2. The Hall–Kier alpha value is -0.350. The summed E-state index contributed by atoms with van der Waals surface area (Å²) in [7, 11) is -2.43. The van der Waals surface area contributed by atoms with E-state index in [2.05, 4.69) is 15.9 Å². The van der Waals surface area contributed by atoms with Gasteiger partial charge >= 0.3 is 0 Å². The van der Waals surface area contributed by atoms with Gasteiger partial charge in [0, 0.05) is 4.47 Å². The molecule has 0 saturated carbocycles. The van der Waals surface area contributed by atoms with Gasteiger partial charge in [-0.15, -0.1) is 0 Å². The van der Waals surface area contributed by atoms with E-state index in [1.165, 1.54) is 0 Å². The minimum absolute atomic E-state index is 0.346. The standard InChI is InChI=1S/C6H5BrO2S/c7-5-1-3-6(4-2-5)10(8)9/h1-4,10H. The molecule has 0 amide bonds. The highest BCUT2D eigenvalue weighted by atomic mass is 79.9. The van der Waals surface area contributed by atoms with Crippen LogP contribution in [0.25, 0.3) is 0 Å². The van der Waals surface area contributed by atoms with Crippen molar-refractivity contribution < 1.29 is 8.42 Å². The molecule has 54 valence electrons. The van der Waals surface area contributed by atoms with Crippen LogP contribution in [0.4, 0.5) is 0 Å². The molecule has 4 heteroatoms. The summed E-state index contributed by atoms with van der Waals surface area (Å²) in [6.45, 7) is 0. The Bertz CT molecular complexity index is 281. The van der Waals surface area contributed by atoms with Crippen molar-refractivity contribution in [2.45, 2.75) is 4.90 Å². The van der Waals surface area contributed by atoms with Gasteiger partial charge in [-0.05, 0) is 24.3 Å². The molecular formula is C6H5BrO2S. The molecule has 1 aromatic rings. The van der Waals surface area contributed by atoms with Crippen LogP contribution >= 0.6 is 15.9 Å². The minimum atomic E-state index is -2.43. The SMILES string of the molecule is O=[SH](=O)c1ccc(Br)cc1. The van der Waals surface area contributed by atoms with Crippen LogP contribution in [0.15, 0.2) is 33.6 Å². The number of rotatable bonds is 1. The molecule has 0 aromatic heterocycles.